The van der Waals surface area contributed by atoms with Gasteiger partial charge in [0.2, 0.25) is 5.91 Å². The van der Waals surface area contributed by atoms with Crippen LogP contribution < -0.4 is 14.8 Å². The molecule has 0 aromatic heterocycles. The van der Waals surface area contributed by atoms with Gasteiger partial charge in [0, 0.05) is 23.1 Å². The molecular weight excluding hydrogens is 338 g/mol. The van der Waals surface area contributed by atoms with E-state index in [9.17, 15) is 4.79 Å². The van der Waals surface area contributed by atoms with Crippen molar-refractivity contribution >= 4 is 5.91 Å². The van der Waals surface area contributed by atoms with Crippen molar-refractivity contribution in [2.24, 2.45) is 0 Å². The monoisotopic (exact) mass is 357 g/mol. The molecule has 2 heterocycles. The Hall–Kier alpha value is -3.27. The van der Waals surface area contributed by atoms with Crippen LogP contribution >= 0.6 is 0 Å². The lowest BCUT2D eigenvalue weighted by Gasteiger charge is -2.31. The van der Waals surface area contributed by atoms with Crippen molar-refractivity contribution in [3.63, 3.8) is 0 Å². The molecule has 0 saturated carbocycles. The highest BCUT2D eigenvalue weighted by atomic mass is 16.5. The molecule has 0 radical (unpaired) electrons. The Bertz CT molecular complexity index is 968. The summed E-state index contributed by atoms with van der Waals surface area (Å²) in [5.41, 5.74) is 2.83. The zero-order valence-corrected chi connectivity index (χ0v) is 14.7. The summed E-state index contributed by atoms with van der Waals surface area (Å²) >= 11 is 0. The summed E-state index contributed by atoms with van der Waals surface area (Å²) in [6.45, 7) is 0.600. The van der Waals surface area contributed by atoms with E-state index in [0.717, 1.165) is 40.4 Å². The molecule has 0 fully saturated rings. The molecule has 0 unspecified atom stereocenters. The normalized spacial score (nSPS) is 17.6. The number of benzene rings is 3. The molecule has 4 nitrogen and oxygen atoms in total. The van der Waals surface area contributed by atoms with Crippen molar-refractivity contribution in [1.29, 1.82) is 0 Å². The van der Waals surface area contributed by atoms with Gasteiger partial charge in [-0.05, 0) is 18.2 Å². The maximum absolute atomic E-state index is 13.4. The second kappa shape index (κ2) is 6.47. The second-order valence-corrected chi connectivity index (χ2v) is 6.85. The number of carbonyl (C=O) groups is 1. The van der Waals surface area contributed by atoms with Crippen LogP contribution in [0, 0.1) is 0 Å². The molecule has 27 heavy (non-hydrogen) atoms. The minimum absolute atomic E-state index is 0.0140. The minimum atomic E-state index is -0.388. The van der Waals surface area contributed by atoms with Gasteiger partial charge >= 0.3 is 0 Å². The Morgan fingerprint density at radius 1 is 0.778 bits per heavy atom. The number of fused-ring (bicyclic) bond motifs is 3. The standard InChI is InChI=1S/C23H19NO3/c25-23(24-18-13-14-26-19-10-4-1-7-15(18)19)22-16-8-2-5-11-20(16)27-21-12-6-3-9-17(21)22/h1-12,18,22H,13-14H2,(H,24,25)/t18-/m0/s1. The maximum Gasteiger partial charge on any atom is 0.232 e. The predicted molar refractivity (Wildman–Crippen MR) is 102 cm³/mol. The van der Waals surface area contributed by atoms with E-state index >= 15 is 0 Å². The van der Waals surface area contributed by atoms with Gasteiger partial charge in [-0.25, -0.2) is 0 Å². The summed E-state index contributed by atoms with van der Waals surface area (Å²) in [6, 6.07) is 23.3. The van der Waals surface area contributed by atoms with Crippen molar-refractivity contribution in [3.8, 4) is 17.2 Å². The molecule has 3 aromatic rings. The van der Waals surface area contributed by atoms with E-state index in [1.165, 1.54) is 0 Å². The summed E-state index contributed by atoms with van der Waals surface area (Å²) < 4.78 is 11.7. The van der Waals surface area contributed by atoms with Crippen molar-refractivity contribution in [3.05, 3.63) is 89.5 Å². The fourth-order valence-corrected chi connectivity index (χ4v) is 3.94. The van der Waals surface area contributed by atoms with Gasteiger partial charge in [0.25, 0.3) is 0 Å². The molecule has 0 bridgehead atoms. The van der Waals surface area contributed by atoms with Crippen molar-refractivity contribution in [2.45, 2.75) is 18.4 Å². The zero-order valence-electron chi connectivity index (χ0n) is 14.7. The number of para-hydroxylation sites is 3. The lowest BCUT2D eigenvalue weighted by Crippen LogP contribution is -2.36. The van der Waals surface area contributed by atoms with Crippen LogP contribution in [0.4, 0.5) is 0 Å². The number of hydrogen-bond acceptors (Lipinski definition) is 3. The first-order valence-corrected chi connectivity index (χ1v) is 9.19. The molecule has 0 saturated heterocycles. The van der Waals surface area contributed by atoms with E-state index in [0.29, 0.717) is 6.61 Å². The van der Waals surface area contributed by atoms with Crippen LogP contribution in [-0.2, 0) is 4.79 Å². The van der Waals surface area contributed by atoms with E-state index in [1.54, 1.807) is 0 Å². The fourth-order valence-electron chi connectivity index (χ4n) is 3.94. The highest BCUT2D eigenvalue weighted by Crippen LogP contribution is 2.44. The number of amides is 1. The maximum atomic E-state index is 13.4. The quantitative estimate of drug-likeness (QED) is 0.731. The minimum Gasteiger partial charge on any atom is -0.493 e. The molecule has 1 amide bonds. The third kappa shape index (κ3) is 2.74. The number of carbonyl (C=O) groups excluding carboxylic acids is 1. The number of ether oxygens (including phenoxy) is 2. The highest BCUT2D eigenvalue weighted by molar-refractivity contribution is 5.90. The SMILES string of the molecule is O=C(N[C@H]1CCOc2ccccc21)C1c2ccccc2Oc2ccccc21. The molecule has 2 aliphatic heterocycles. The Kier molecular flexibility index (Phi) is 3.82. The van der Waals surface area contributed by atoms with Crippen LogP contribution in [0.1, 0.15) is 35.1 Å². The van der Waals surface area contributed by atoms with Gasteiger partial charge in [0.15, 0.2) is 0 Å². The first kappa shape index (κ1) is 15.9. The molecule has 4 heteroatoms. The van der Waals surface area contributed by atoms with Gasteiger partial charge < -0.3 is 14.8 Å². The van der Waals surface area contributed by atoms with E-state index in [2.05, 4.69) is 5.32 Å². The Labute approximate surface area is 157 Å². The Morgan fingerprint density at radius 3 is 2.00 bits per heavy atom. The van der Waals surface area contributed by atoms with Crippen LogP contribution in [-0.4, -0.2) is 12.5 Å². The fraction of sp³-hybridized carbons (Fsp3) is 0.174. The van der Waals surface area contributed by atoms with Crippen molar-refractivity contribution in [2.75, 3.05) is 6.61 Å². The Morgan fingerprint density at radius 2 is 1.33 bits per heavy atom. The molecule has 1 atom stereocenters. The second-order valence-electron chi connectivity index (χ2n) is 6.85. The van der Waals surface area contributed by atoms with Crippen LogP contribution in [0.15, 0.2) is 72.8 Å². The molecule has 3 aromatic carbocycles. The summed E-state index contributed by atoms with van der Waals surface area (Å²) in [7, 11) is 0. The summed E-state index contributed by atoms with van der Waals surface area (Å²) in [6.07, 6.45) is 0.759. The number of rotatable bonds is 2. The van der Waals surface area contributed by atoms with Crippen LogP contribution in [0.2, 0.25) is 0 Å². The van der Waals surface area contributed by atoms with Gasteiger partial charge in [-0.1, -0.05) is 54.6 Å². The largest absolute Gasteiger partial charge is 0.493 e. The average Bonchev–Trinajstić information content (AvgIpc) is 2.72. The highest BCUT2D eigenvalue weighted by Gasteiger charge is 2.34. The van der Waals surface area contributed by atoms with E-state index in [4.69, 9.17) is 9.47 Å². The topological polar surface area (TPSA) is 47.6 Å². The lowest BCUT2D eigenvalue weighted by molar-refractivity contribution is -0.122. The average molecular weight is 357 g/mol. The summed E-state index contributed by atoms with van der Waals surface area (Å²) in [4.78, 5) is 13.4. The van der Waals surface area contributed by atoms with Gasteiger partial charge in [0.05, 0.1) is 18.6 Å². The van der Waals surface area contributed by atoms with Crippen LogP contribution in [0.25, 0.3) is 0 Å². The molecule has 0 spiro atoms. The lowest BCUT2D eigenvalue weighted by atomic mass is 9.86. The van der Waals surface area contributed by atoms with E-state index < -0.39 is 0 Å². The van der Waals surface area contributed by atoms with E-state index in [1.807, 2.05) is 72.8 Å². The molecular formula is C23H19NO3. The van der Waals surface area contributed by atoms with Gasteiger partial charge in [-0.2, -0.15) is 0 Å². The van der Waals surface area contributed by atoms with Gasteiger partial charge in [-0.3, -0.25) is 4.79 Å². The van der Waals surface area contributed by atoms with Crippen molar-refractivity contribution in [1.82, 2.24) is 5.32 Å². The molecule has 134 valence electrons. The van der Waals surface area contributed by atoms with Crippen LogP contribution in [0.5, 0.6) is 17.2 Å². The molecule has 5 rings (SSSR count). The number of nitrogens with one attached hydrogen (secondary N) is 1. The smallest absolute Gasteiger partial charge is 0.232 e. The predicted octanol–water partition coefficient (Wildman–Crippen LogP) is 4.56. The van der Waals surface area contributed by atoms with Crippen molar-refractivity contribution < 1.29 is 14.3 Å². The van der Waals surface area contributed by atoms with Gasteiger partial charge in [0.1, 0.15) is 17.2 Å². The molecule has 0 aliphatic carbocycles. The molecule has 2 aliphatic rings. The van der Waals surface area contributed by atoms with Crippen LogP contribution in [0.3, 0.4) is 0 Å². The zero-order chi connectivity index (χ0) is 18.2. The first-order valence-electron chi connectivity index (χ1n) is 9.19. The molecule has 1 N–H and O–H groups in total. The third-order valence-electron chi connectivity index (χ3n) is 5.22. The summed E-state index contributed by atoms with van der Waals surface area (Å²) in [5, 5.41) is 3.25. The van der Waals surface area contributed by atoms with E-state index in [-0.39, 0.29) is 17.9 Å². The summed E-state index contributed by atoms with van der Waals surface area (Å²) in [5.74, 6) is 1.93. The Balaban J connectivity index is 1.51. The first-order chi connectivity index (χ1) is 13.3. The van der Waals surface area contributed by atoms with Gasteiger partial charge in [-0.15, -0.1) is 0 Å². The third-order valence-corrected chi connectivity index (χ3v) is 5.22. The number of hydrogen-bond donors (Lipinski definition) is 1.